The quantitative estimate of drug-likeness (QED) is 0.677. The first-order valence-electron chi connectivity index (χ1n) is 8.11. The molecular formula is C16H33NO2. The fraction of sp³-hybridized carbons (Fsp3) is 1.00. The van der Waals surface area contributed by atoms with Gasteiger partial charge in [-0.3, -0.25) is 0 Å². The average molecular weight is 271 g/mol. The number of rotatable bonds is 9. The normalized spacial score (nSPS) is 29.4. The molecule has 1 rings (SSSR count). The molecule has 19 heavy (non-hydrogen) atoms. The summed E-state index contributed by atoms with van der Waals surface area (Å²) in [4.78, 5) is 0. The maximum atomic E-state index is 9.58. The van der Waals surface area contributed by atoms with Gasteiger partial charge in [-0.25, -0.2) is 0 Å². The highest BCUT2D eigenvalue weighted by molar-refractivity contribution is 4.92. The summed E-state index contributed by atoms with van der Waals surface area (Å²) in [6.07, 6.45) is 9.71. The maximum absolute atomic E-state index is 9.58. The molecule has 0 amide bonds. The van der Waals surface area contributed by atoms with Gasteiger partial charge < -0.3 is 15.2 Å². The highest BCUT2D eigenvalue weighted by Crippen LogP contribution is 2.30. The minimum absolute atomic E-state index is 0.103. The minimum Gasteiger partial charge on any atom is -0.394 e. The van der Waals surface area contributed by atoms with Crippen molar-refractivity contribution in [2.24, 2.45) is 5.92 Å². The van der Waals surface area contributed by atoms with Crippen molar-refractivity contribution < 1.29 is 9.84 Å². The number of aliphatic hydroxyl groups excluding tert-OH is 1. The van der Waals surface area contributed by atoms with E-state index in [0.29, 0.717) is 12.0 Å². The van der Waals surface area contributed by atoms with Crippen LogP contribution in [0.4, 0.5) is 0 Å². The fourth-order valence-electron chi connectivity index (χ4n) is 3.07. The van der Waals surface area contributed by atoms with E-state index in [1.807, 2.05) is 7.05 Å². The lowest BCUT2D eigenvalue weighted by Gasteiger charge is -2.39. The largest absolute Gasteiger partial charge is 0.394 e. The molecule has 3 nitrogen and oxygen atoms in total. The smallest absolute Gasteiger partial charge is 0.0614 e. The lowest BCUT2D eigenvalue weighted by atomic mass is 9.80. The van der Waals surface area contributed by atoms with E-state index in [4.69, 9.17) is 4.74 Å². The summed E-state index contributed by atoms with van der Waals surface area (Å²) in [5, 5.41) is 12.9. The van der Waals surface area contributed by atoms with Gasteiger partial charge in [0.1, 0.15) is 0 Å². The Kier molecular flexibility index (Phi) is 7.96. The van der Waals surface area contributed by atoms with Gasteiger partial charge in [-0.15, -0.1) is 0 Å². The second-order valence-electron chi connectivity index (χ2n) is 6.16. The maximum Gasteiger partial charge on any atom is 0.0614 e. The molecule has 0 saturated heterocycles. The van der Waals surface area contributed by atoms with Gasteiger partial charge in [-0.05, 0) is 45.1 Å². The molecule has 1 fully saturated rings. The van der Waals surface area contributed by atoms with Crippen LogP contribution in [-0.2, 0) is 4.74 Å². The summed E-state index contributed by atoms with van der Waals surface area (Å²) in [6.45, 7) is 5.62. The van der Waals surface area contributed by atoms with Crippen molar-refractivity contribution in [3.63, 3.8) is 0 Å². The zero-order chi connectivity index (χ0) is 14.1. The van der Waals surface area contributed by atoms with Crippen molar-refractivity contribution in [1.29, 1.82) is 0 Å². The number of ether oxygens (including phenoxy) is 1. The van der Waals surface area contributed by atoms with E-state index in [1.54, 1.807) is 0 Å². The van der Waals surface area contributed by atoms with Gasteiger partial charge in [0, 0.05) is 12.1 Å². The van der Waals surface area contributed by atoms with E-state index in [-0.39, 0.29) is 12.1 Å². The summed E-state index contributed by atoms with van der Waals surface area (Å²) >= 11 is 0. The zero-order valence-electron chi connectivity index (χ0n) is 13.1. The first kappa shape index (κ1) is 16.9. The van der Waals surface area contributed by atoms with Crippen LogP contribution >= 0.6 is 0 Å². The lowest BCUT2D eigenvalue weighted by molar-refractivity contribution is -0.0287. The summed E-state index contributed by atoms with van der Waals surface area (Å²) in [7, 11) is 1.95. The molecule has 114 valence electrons. The fourth-order valence-corrected chi connectivity index (χ4v) is 3.07. The number of likely N-dealkylation sites (N-methyl/N-ethyl adjacent to an activating group) is 1. The minimum atomic E-state index is -0.103. The van der Waals surface area contributed by atoms with Crippen molar-refractivity contribution in [1.82, 2.24) is 5.32 Å². The highest BCUT2D eigenvalue weighted by atomic mass is 16.5. The molecule has 3 unspecified atom stereocenters. The van der Waals surface area contributed by atoms with Gasteiger partial charge in [-0.1, -0.05) is 33.1 Å². The van der Waals surface area contributed by atoms with Gasteiger partial charge in [0.15, 0.2) is 0 Å². The van der Waals surface area contributed by atoms with Crippen molar-refractivity contribution in [2.75, 3.05) is 20.3 Å². The Morgan fingerprint density at radius 3 is 2.79 bits per heavy atom. The number of nitrogens with one attached hydrogen (secondary N) is 1. The predicted molar refractivity (Wildman–Crippen MR) is 80.4 cm³/mol. The van der Waals surface area contributed by atoms with Crippen LogP contribution in [0.1, 0.15) is 65.2 Å². The average Bonchev–Trinajstić information content (AvgIpc) is 2.47. The third kappa shape index (κ3) is 5.41. The van der Waals surface area contributed by atoms with Gasteiger partial charge >= 0.3 is 0 Å². The van der Waals surface area contributed by atoms with E-state index < -0.39 is 0 Å². The summed E-state index contributed by atoms with van der Waals surface area (Å²) in [5.74, 6) is 0.708. The van der Waals surface area contributed by atoms with Crippen molar-refractivity contribution in [3.05, 3.63) is 0 Å². The SMILES string of the molecule is CCCCC(CC)COC1CCCC(CO)(NC)C1. The van der Waals surface area contributed by atoms with Crippen LogP contribution in [0.3, 0.4) is 0 Å². The summed E-state index contributed by atoms with van der Waals surface area (Å²) in [5.41, 5.74) is -0.103. The lowest BCUT2D eigenvalue weighted by Crippen LogP contribution is -2.51. The Morgan fingerprint density at radius 2 is 2.21 bits per heavy atom. The second kappa shape index (κ2) is 8.93. The number of unbranched alkanes of at least 4 members (excludes halogenated alkanes) is 1. The third-order valence-corrected chi connectivity index (χ3v) is 4.74. The van der Waals surface area contributed by atoms with E-state index >= 15 is 0 Å². The second-order valence-corrected chi connectivity index (χ2v) is 6.16. The Bertz CT molecular complexity index is 229. The van der Waals surface area contributed by atoms with E-state index in [0.717, 1.165) is 32.3 Å². The zero-order valence-corrected chi connectivity index (χ0v) is 13.1. The number of hydrogen-bond acceptors (Lipinski definition) is 3. The molecule has 0 aliphatic heterocycles. The molecule has 0 bridgehead atoms. The Labute approximate surface area is 119 Å². The molecule has 0 aromatic heterocycles. The molecule has 0 aromatic rings. The number of aliphatic hydroxyl groups is 1. The van der Waals surface area contributed by atoms with Gasteiger partial charge in [0.25, 0.3) is 0 Å². The molecule has 1 saturated carbocycles. The standard InChI is InChI=1S/C16H33NO2/c1-4-6-8-14(5-2)12-19-15-9-7-10-16(11-15,13-18)17-3/h14-15,17-18H,4-13H2,1-3H3. The molecule has 1 aliphatic rings. The molecule has 0 radical (unpaired) electrons. The predicted octanol–water partition coefficient (Wildman–Crippen LogP) is 3.11. The van der Waals surface area contributed by atoms with Crippen LogP contribution in [0.5, 0.6) is 0 Å². The Hall–Kier alpha value is -0.120. The van der Waals surface area contributed by atoms with Crippen molar-refractivity contribution >= 4 is 0 Å². The third-order valence-electron chi connectivity index (χ3n) is 4.74. The monoisotopic (exact) mass is 271 g/mol. The van der Waals surface area contributed by atoms with Gasteiger partial charge in [0.2, 0.25) is 0 Å². The molecule has 0 heterocycles. The molecule has 3 atom stereocenters. The number of hydrogen-bond donors (Lipinski definition) is 2. The highest BCUT2D eigenvalue weighted by Gasteiger charge is 2.35. The topological polar surface area (TPSA) is 41.5 Å². The van der Waals surface area contributed by atoms with Gasteiger partial charge in [0.05, 0.1) is 12.7 Å². The van der Waals surface area contributed by atoms with Crippen molar-refractivity contribution in [2.45, 2.75) is 76.9 Å². The molecule has 0 aromatic carbocycles. The van der Waals surface area contributed by atoms with Crippen molar-refractivity contribution in [3.8, 4) is 0 Å². The Morgan fingerprint density at radius 1 is 1.42 bits per heavy atom. The van der Waals surface area contributed by atoms with Gasteiger partial charge in [-0.2, -0.15) is 0 Å². The van der Waals surface area contributed by atoms with Crippen LogP contribution in [0, 0.1) is 5.92 Å². The van der Waals surface area contributed by atoms with E-state index in [1.165, 1.54) is 25.7 Å². The molecule has 2 N–H and O–H groups in total. The molecular weight excluding hydrogens is 238 g/mol. The first-order valence-corrected chi connectivity index (χ1v) is 8.11. The molecule has 3 heteroatoms. The first-order chi connectivity index (χ1) is 9.19. The van der Waals surface area contributed by atoms with Crippen LogP contribution in [-0.4, -0.2) is 37.0 Å². The van der Waals surface area contributed by atoms with E-state index in [2.05, 4.69) is 19.2 Å². The van der Waals surface area contributed by atoms with Crippen LogP contribution < -0.4 is 5.32 Å². The van der Waals surface area contributed by atoms with Crippen LogP contribution in [0.15, 0.2) is 0 Å². The summed E-state index contributed by atoms with van der Waals surface area (Å²) < 4.78 is 6.14. The van der Waals surface area contributed by atoms with E-state index in [9.17, 15) is 5.11 Å². The van der Waals surface area contributed by atoms with Crippen LogP contribution in [0.2, 0.25) is 0 Å². The molecule has 0 spiro atoms. The Balaban J connectivity index is 2.35. The molecule has 1 aliphatic carbocycles. The summed E-state index contributed by atoms with van der Waals surface area (Å²) in [6, 6.07) is 0. The van der Waals surface area contributed by atoms with Crippen LogP contribution in [0.25, 0.3) is 0 Å².